The van der Waals surface area contributed by atoms with Crippen LogP contribution in [-0.2, 0) is 6.42 Å². The Bertz CT molecular complexity index is 1030. The van der Waals surface area contributed by atoms with Gasteiger partial charge in [0, 0.05) is 12.1 Å². The van der Waals surface area contributed by atoms with E-state index in [1.54, 1.807) is 14.2 Å². The third-order valence-corrected chi connectivity index (χ3v) is 5.51. The lowest BCUT2D eigenvalue weighted by Gasteiger charge is -2.38. The highest BCUT2D eigenvalue weighted by Gasteiger charge is 2.33. The van der Waals surface area contributed by atoms with E-state index in [2.05, 4.69) is 12.1 Å². The number of fused-ring (bicyclic) bond motifs is 1. The van der Waals surface area contributed by atoms with Gasteiger partial charge in [-0.2, -0.15) is 0 Å². The fraction of sp³-hybridized carbons (Fsp3) is 0.240. The molecule has 3 aromatic rings. The summed E-state index contributed by atoms with van der Waals surface area (Å²) < 4.78 is 11.0. The Morgan fingerprint density at radius 2 is 1.66 bits per heavy atom. The van der Waals surface area contributed by atoms with Gasteiger partial charge in [-0.25, -0.2) is 0 Å². The molecular weight excluding hydrogens is 362 g/mol. The van der Waals surface area contributed by atoms with Crippen LogP contribution in [0.3, 0.4) is 0 Å². The van der Waals surface area contributed by atoms with E-state index in [0.717, 1.165) is 34.4 Å². The maximum absolute atomic E-state index is 13.5. The van der Waals surface area contributed by atoms with Gasteiger partial charge in [0.05, 0.1) is 20.3 Å². The highest BCUT2D eigenvalue weighted by molar-refractivity contribution is 5.95. The normalized spacial score (nSPS) is 15.6. The van der Waals surface area contributed by atoms with Gasteiger partial charge in [-0.1, -0.05) is 48.0 Å². The molecule has 0 N–H and O–H groups in total. The molecular formula is C25H25NO3. The molecule has 4 heteroatoms. The molecule has 1 amide bonds. The Labute approximate surface area is 171 Å². The van der Waals surface area contributed by atoms with Gasteiger partial charge in [0.25, 0.3) is 5.91 Å². The number of benzene rings is 3. The van der Waals surface area contributed by atoms with Crippen LogP contribution in [0.2, 0.25) is 0 Å². The summed E-state index contributed by atoms with van der Waals surface area (Å²) >= 11 is 0. The van der Waals surface area contributed by atoms with Crippen LogP contribution in [0.15, 0.2) is 66.7 Å². The molecule has 0 radical (unpaired) electrons. The zero-order valence-electron chi connectivity index (χ0n) is 17.0. The topological polar surface area (TPSA) is 38.8 Å². The van der Waals surface area contributed by atoms with Gasteiger partial charge in [-0.3, -0.25) is 4.79 Å². The van der Waals surface area contributed by atoms with Crippen LogP contribution in [0.25, 0.3) is 0 Å². The minimum atomic E-state index is -0.173. The molecule has 4 nitrogen and oxygen atoms in total. The second-order valence-electron chi connectivity index (χ2n) is 7.34. The number of rotatable bonds is 4. The van der Waals surface area contributed by atoms with Crippen LogP contribution >= 0.6 is 0 Å². The van der Waals surface area contributed by atoms with Crippen molar-refractivity contribution in [2.45, 2.75) is 19.4 Å². The lowest BCUT2D eigenvalue weighted by molar-refractivity contribution is 0.0694. The SMILES string of the molecule is COc1cc2c(cc1OC)C(c1ccccc1)N(C(=O)c1cccc(C)c1)CC2. The molecule has 1 aliphatic heterocycles. The number of amides is 1. The number of methoxy groups -OCH3 is 2. The second-order valence-corrected chi connectivity index (χ2v) is 7.34. The average Bonchev–Trinajstić information content (AvgIpc) is 2.77. The van der Waals surface area contributed by atoms with Crippen LogP contribution in [0.1, 0.15) is 38.7 Å². The quantitative estimate of drug-likeness (QED) is 0.645. The Morgan fingerprint density at radius 3 is 2.34 bits per heavy atom. The van der Waals surface area contributed by atoms with E-state index in [0.29, 0.717) is 12.3 Å². The summed E-state index contributed by atoms with van der Waals surface area (Å²) in [5.41, 5.74) is 5.15. The lowest BCUT2D eigenvalue weighted by Crippen LogP contribution is -2.40. The van der Waals surface area contributed by atoms with Crippen molar-refractivity contribution < 1.29 is 14.3 Å². The molecule has 1 aliphatic rings. The summed E-state index contributed by atoms with van der Waals surface area (Å²) in [7, 11) is 3.29. The summed E-state index contributed by atoms with van der Waals surface area (Å²) in [6, 6.07) is 21.8. The molecule has 1 atom stereocenters. The van der Waals surface area contributed by atoms with Crippen LogP contribution in [0.5, 0.6) is 11.5 Å². The van der Waals surface area contributed by atoms with Crippen LogP contribution in [0, 0.1) is 6.92 Å². The number of hydrogen-bond donors (Lipinski definition) is 0. The summed E-state index contributed by atoms with van der Waals surface area (Å²) in [4.78, 5) is 15.5. The van der Waals surface area contributed by atoms with E-state index in [4.69, 9.17) is 9.47 Å². The fourth-order valence-corrected chi connectivity index (χ4v) is 4.10. The van der Waals surface area contributed by atoms with E-state index in [-0.39, 0.29) is 11.9 Å². The number of aryl methyl sites for hydroxylation is 1. The number of nitrogens with zero attached hydrogens (tertiary/aromatic N) is 1. The molecule has 4 rings (SSSR count). The minimum absolute atomic E-state index is 0.0444. The van der Waals surface area contributed by atoms with Crippen molar-refractivity contribution in [2.75, 3.05) is 20.8 Å². The zero-order chi connectivity index (χ0) is 20.4. The van der Waals surface area contributed by atoms with Crippen molar-refractivity contribution in [3.63, 3.8) is 0 Å². The van der Waals surface area contributed by atoms with Crippen molar-refractivity contribution >= 4 is 5.91 Å². The molecule has 0 fully saturated rings. The van der Waals surface area contributed by atoms with Crippen LogP contribution in [-0.4, -0.2) is 31.6 Å². The first-order valence-electron chi connectivity index (χ1n) is 9.79. The monoisotopic (exact) mass is 387 g/mol. The fourth-order valence-electron chi connectivity index (χ4n) is 4.10. The van der Waals surface area contributed by atoms with Crippen LogP contribution in [0.4, 0.5) is 0 Å². The third-order valence-electron chi connectivity index (χ3n) is 5.51. The Hall–Kier alpha value is -3.27. The minimum Gasteiger partial charge on any atom is -0.493 e. The van der Waals surface area contributed by atoms with E-state index in [1.165, 1.54) is 5.56 Å². The van der Waals surface area contributed by atoms with Gasteiger partial charge >= 0.3 is 0 Å². The maximum Gasteiger partial charge on any atom is 0.254 e. The summed E-state index contributed by atoms with van der Waals surface area (Å²) in [5.74, 6) is 1.44. The van der Waals surface area contributed by atoms with E-state index >= 15 is 0 Å². The molecule has 1 unspecified atom stereocenters. The van der Waals surface area contributed by atoms with Crippen molar-refractivity contribution in [2.24, 2.45) is 0 Å². The van der Waals surface area contributed by atoms with Gasteiger partial charge in [0.1, 0.15) is 0 Å². The number of carbonyl (C=O) groups is 1. The molecule has 0 aromatic heterocycles. The molecule has 0 aliphatic carbocycles. The third kappa shape index (κ3) is 3.58. The van der Waals surface area contributed by atoms with E-state index < -0.39 is 0 Å². The molecule has 0 spiro atoms. The molecule has 3 aromatic carbocycles. The van der Waals surface area contributed by atoms with Crippen molar-refractivity contribution in [3.8, 4) is 11.5 Å². The summed E-state index contributed by atoms with van der Waals surface area (Å²) in [6.07, 6.45) is 0.774. The molecule has 1 heterocycles. The van der Waals surface area contributed by atoms with Gasteiger partial charge in [-0.05, 0) is 54.3 Å². The average molecular weight is 387 g/mol. The zero-order valence-corrected chi connectivity index (χ0v) is 17.0. The molecule has 0 saturated heterocycles. The molecule has 148 valence electrons. The van der Waals surface area contributed by atoms with Crippen molar-refractivity contribution in [3.05, 3.63) is 94.5 Å². The van der Waals surface area contributed by atoms with Gasteiger partial charge < -0.3 is 14.4 Å². The first kappa shape index (κ1) is 19.1. The predicted octanol–water partition coefficient (Wildman–Crippen LogP) is 4.80. The van der Waals surface area contributed by atoms with E-state index in [1.807, 2.05) is 66.4 Å². The Morgan fingerprint density at radius 1 is 0.931 bits per heavy atom. The van der Waals surface area contributed by atoms with Gasteiger partial charge in [0.2, 0.25) is 0 Å². The Balaban J connectivity index is 1.84. The summed E-state index contributed by atoms with van der Waals surface area (Å²) in [5, 5.41) is 0. The number of carbonyl (C=O) groups excluding carboxylic acids is 1. The standard InChI is InChI=1S/C25H25NO3/c1-17-8-7-11-20(14-17)25(27)26-13-12-19-15-22(28-2)23(29-3)16-21(19)24(26)18-9-5-4-6-10-18/h4-11,14-16,24H,12-13H2,1-3H3. The highest BCUT2D eigenvalue weighted by atomic mass is 16.5. The number of hydrogen-bond acceptors (Lipinski definition) is 3. The maximum atomic E-state index is 13.5. The highest BCUT2D eigenvalue weighted by Crippen LogP contribution is 2.41. The second kappa shape index (κ2) is 8.00. The lowest BCUT2D eigenvalue weighted by atomic mass is 9.87. The number of ether oxygens (including phenoxy) is 2. The van der Waals surface area contributed by atoms with Gasteiger partial charge in [0.15, 0.2) is 11.5 Å². The smallest absolute Gasteiger partial charge is 0.254 e. The van der Waals surface area contributed by atoms with Crippen molar-refractivity contribution in [1.82, 2.24) is 4.90 Å². The first-order valence-corrected chi connectivity index (χ1v) is 9.79. The first-order chi connectivity index (χ1) is 14.1. The van der Waals surface area contributed by atoms with Crippen LogP contribution < -0.4 is 9.47 Å². The summed E-state index contributed by atoms with van der Waals surface area (Å²) in [6.45, 7) is 2.66. The van der Waals surface area contributed by atoms with Crippen molar-refractivity contribution in [1.29, 1.82) is 0 Å². The van der Waals surface area contributed by atoms with Gasteiger partial charge in [-0.15, -0.1) is 0 Å². The predicted molar refractivity (Wildman–Crippen MR) is 114 cm³/mol. The molecule has 29 heavy (non-hydrogen) atoms. The van der Waals surface area contributed by atoms with E-state index in [9.17, 15) is 4.79 Å². The largest absolute Gasteiger partial charge is 0.493 e. The molecule has 0 saturated carbocycles. The molecule has 0 bridgehead atoms. The Kier molecular flexibility index (Phi) is 5.26.